The fraction of sp³-hybridized carbons (Fsp3) is 0.278. The molecule has 3 rings (SSSR count). The van der Waals surface area contributed by atoms with Gasteiger partial charge in [0.15, 0.2) is 5.58 Å². The van der Waals surface area contributed by atoms with Gasteiger partial charge < -0.3 is 15.1 Å². The van der Waals surface area contributed by atoms with Crippen LogP contribution in [0.1, 0.15) is 12.0 Å². The highest BCUT2D eigenvalue weighted by atomic mass is 35.5. The molecule has 0 atom stereocenters. The van der Waals surface area contributed by atoms with E-state index >= 15 is 0 Å². The zero-order chi connectivity index (χ0) is 21.0. The molecular weight excluding hydrogens is 413 g/mol. The Kier molecular flexibility index (Phi) is 6.12. The molecule has 0 saturated heterocycles. The van der Waals surface area contributed by atoms with Gasteiger partial charge in [0.2, 0.25) is 5.91 Å². The summed E-state index contributed by atoms with van der Waals surface area (Å²) >= 11 is 5.79. The van der Waals surface area contributed by atoms with Crippen LogP contribution in [0, 0.1) is 0 Å². The van der Waals surface area contributed by atoms with Crippen LogP contribution in [0.25, 0.3) is 11.1 Å². The molecule has 11 heteroatoms. The molecule has 1 aromatic carbocycles. The van der Waals surface area contributed by atoms with Crippen LogP contribution in [0.2, 0.25) is 5.02 Å². The van der Waals surface area contributed by atoms with E-state index < -0.39 is 17.5 Å². The van der Waals surface area contributed by atoms with Crippen molar-refractivity contribution in [3.05, 3.63) is 57.7 Å². The number of carbonyl (C=O) groups excluding carboxylic acids is 1. The fourth-order valence-corrected chi connectivity index (χ4v) is 2.87. The van der Waals surface area contributed by atoms with Crippen molar-refractivity contribution in [2.24, 2.45) is 0 Å². The molecule has 2 aromatic heterocycles. The van der Waals surface area contributed by atoms with Gasteiger partial charge in [0, 0.05) is 32.3 Å². The Morgan fingerprint density at radius 3 is 2.72 bits per heavy atom. The van der Waals surface area contributed by atoms with Gasteiger partial charge in [-0.1, -0.05) is 23.7 Å². The molecule has 2 heterocycles. The number of anilines is 1. The number of alkyl halides is 3. The molecule has 0 saturated carbocycles. The lowest BCUT2D eigenvalue weighted by atomic mass is 10.3. The third-order valence-corrected chi connectivity index (χ3v) is 4.33. The Balaban J connectivity index is 1.46. The van der Waals surface area contributed by atoms with Crippen molar-refractivity contribution in [2.75, 3.05) is 18.4 Å². The van der Waals surface area contributed by atoms with Crippen LogP contribution < -0.4 is 16.4 Å². The molecule has 7 nitrogen and oxygen atoms in total. The summed E-state index contributed by atoms with van der Waals surface area (Å²) in [6, 6.07) is 7.68. The molecule has 2 N–H and O–H groups in total. The van der Waals surface area contributed by atoms with Gasteiger partial charge in [0.05, 0.1) is 16.1 Å². The second-order valence-corrected chi connectivity index (χ2v) is 6.47. The molecule has 1 amide bonds. The summed E-state index contributed by atoms with van der Waals surface area (Å²) in [5, 5.41) is 5.23. The monoisotopic (exact) mass is 428 g/mol. The highest BCUT2D eigenvalue weighted by Gasteiger charge is 2.31. The van der Waals surface area contributed by atoms with Gasteiger partial charge in [0.1, 0.15) is 5.82 Å². The van der Waals surface area contributed by atoms with Crippen LogP contribution in [-0.2, 0) is 17.5 Å². The molecule has 0 aliphatic rings. The maximum absolute atomic E-state index is 12.6. The number of hydrogen-bond donors (Lipinski definition) is 2. The lowest BCUT2D eigenvalue weighted by Gasteiger charge is -2.11. The molecule has 3 aromatic rings. The second kappa shape index (κ2) is 8.56. The fourth-order valence-electron chi connectivity index (χ4n) is 2.63. The smallest absolute Gasteiger partial charge is 0.408 e. The van der Waals surface area contributed by atoms with E-state index in [-0.39, 0.29) is 42.8 Å². The number of halogens is 4. The van der Waals surface area contributed by atoms with Gasteiger partial charge in [0.25, 0.3) is 0 Å². The first-order valence-corrected chi connectivity index (χ1v) is 8.95. The molecule has 154 valence electrons. The zero-order valence-electron chi connectivity index (χ0n) is 14.9. The summed E-state index contributed by atoms with van der Waals surface area (Å²) in [5.41, 5.74) is 0.112. The maximum Gasteiger partial charge on any atom is 0.419 e. The minimum absolute atomic E-state index is 0.0583. The first kappa shape index (κ1) is 20.7. The summed E-state index contributed by atoms with van der Waals surface area (Å²) in [6.45, 7) is 0.554. The Morgan fingerprint density at radius 1 is 1.24 bits per heavy atom. The van der Waals surface area contributed by atoms with E-state index in [1.165, 1.54) is 4.57 Å². The van der Waals surface area contributed by atoms with E-state index in [0.717, 1.165) is 6.07 Å². The summed E-state index contributed by atoms with van der Waals surface area (Å²) in [5.74, 6) is -0.746. The number of nitrogens with zero attached hydrogens (tertiary/aromatic N) is 2. The Hall–Kier alpha value is -3.01. The number of aromatic nitrogens is 2. The number of oxazole rings is 1. The van der Waals surface area contributed by atoms with Crippen LogP contribution in [0.4, 0.5) is 19.0 Å². The third kappa shape index (κ3) is 5.08. The average molecular weight is 429 g/mol. The topological polar surface area (TPSA) is 89.2 Å². The zero-order valence-corrected chi connectivity index (χ0v) is 15.7. The number of benzene rings is 1. The van der Waals surface area contributed by atoms with Gasteiger partial charge in [-0.25, -0.2) is 9.78 Å². The Morgan fingerprint density at radius 2 is 2.00 bits per heavy atom. The summed E-state index contributed by atoms with van der Waals surface area (Å²) < 4.78 is 44.2. The average Bonchev–Trinajstić information content (AvgIpc) is 2.98. The van der Waals surface area contributed by atoms with Crippen molar-refractivity contribution in [3.63, 3.8) is 0 Å². The number of hydrogen-bond acceptors (Lipinski definition) is 5. The van der Waals surface area contributed by atoms with E-state index in [1.807, 2.05) is 0 Å². The minimum atomic E-state index is -4.52. The molecule has 29 heavy (non-hydrogen) atoms. The van der Waals surface area contributed by atoms with Crippen molar-refractivity contribution in [1.82, 2.24) is 14.9 Å². The molecule has 0 aliphatic heterocycles. The number of aryl methyl sites for hydroxylation is 1. The number of nitrogens with one attached hydrogen (secondary N) is 2. The van der Waals surface area contributed by atoms with Gasteiger partial charge in [-0.05, 0) is 18.2 Å². The number of fused-ring (bicyclic) bond motifs is 1. The lowest BCUT2D eigenvalue weighted by Crippen LogP contribution is -2.30. The molecule has 0 spiro atoms. The van der Waals surface area contributed by atoms with E-state index in [0.29, 0.717) is 17.3 Å². The Labute approximate surface area is 167 Å². The first-order chi connectivity index (χ1) is 13.8. The van der Waals surface area contributed by atoms with E-state index in [1.54, 1.807) is 24.3 Å². The van der Waals surface area contributed by atoms with Crippen LogP contribution in [-0.4, -0.2) is 28.5 Å². The third-order valence-electron chi connectivity index (χ3n) is 4.04. The maximum atomic E-state index is 12.6. The predicted molar refractivity (Wildman–Crippen MR) is 101 cm³/mol. The van der Waals surface area contributed by atoms with Gasteiger partial charge >= 0.3 is 11.9 Å². The number of para-hydroxylation sites is 2. The molecular formula is C18H16ClF3N4O3. The lowest BCUT2D eigenvalue weighted by molar-refractivity contribution is -0.137. The normalized spacial score (nSPS) is 11.6. The van der Waals surface area contributed by atoms with Crippen LogP contribution in [0.3, 0.4) is 0 Å². The minimum Gasteiger partial charge on any atom is -0.408 e. The Bertz CT molecular complexity index is 1080. The number of amides is 1. The molecule has 0 bridgehead atoms. The van der Waals surface area contributed by atoms with Crippen LogP contribution in [0.15, 0.2) is 45.7 Å². The first-order valence-electron chi connectivity index (χ1n) is 8.57. The van der Waals surface area contributed by atoms with E-state index in [4.69, 9.17) is 16.0 Å². The summed E-state index contributed by atoms with van der Waals surface area (Å²) in [4.78, 5) is 27.5. The van der Waals surface area contributed by atoms with Gasteiger partial charge in [-0.3, -0.25) is 9.36 Å². The van der Waals surface area contributed by atoms with Crippen LogP contribution >= 0.6 is 11.6 Å². The summed E-state index contributed by atoms with van der Waals surface area (Å²) in [7, 11) is 0. The SMILES string of the molecule is O=C(CCn1c(=O)oc2ccccc21)NCCNc1ncc(C(F)(F)F)cc1Cl. The highest BCUT2D eigenvalue weighted by molar-refractivity contribution is 6.32. The van der Waals surface area contributed by atoms with Crippen molar-refractivity contribution >= 4 is 34.4 Å². The number of carbonyl (C=O) groups is 1. The highest BCUT2D eigenvalue weighted by Crippen LogP contribution is 2.32. The van der Waals surface area contributed by atoms with Crippen molar-refractivity contribution in [2.45, 2.75) is 19.1 Å². The van der Waals surface area contributed by atoms with E-state index in [2.05, 4.69) is 15.6 Å². The van der Waals surface area contributed by atoms with Gasteiger partial charge in [-0.15, -0.1) is 0 Å². The largest absolute Gasteiger partial charge is 0.419 e. The quantitative estimate of drug-likeness (QED) is 0.564. The van der Waals surface area contributed by atoms with Crippen LogP contribution in [0.5, 0.6) is 0 Å². The second-order valence-electron chi connectivity index (χ2n) is 6.07. The van der Waals surface area contributed by atoms with Crippen molar-refractivity contribution < 1.29 is 22.4 Å². The molecule has 0 radical (unpaired) electrons. The standard InChI is InChI=1S/C18H16ClF3N4O3/c19-12-9-11(18(20,21)22)10-25-16(12)24-7-6-23-15(27)5-8-26-13-3-1-2-4-14(13)29-17(26)28/h1-4,9-10H,5-8H2,(H,23,27)(H,24,25). The van der Waals surface area contributed by atoms with Crippen molar-refractivity contribution in [1.29, 1.82) is 0 Å². The van der Waals surface area contributed by atoms with Gasteiger partial charge in [-0.2, -0.15) is 13.2 Å². The summed E-state index contributed by atoms with van der Waals surface area (Å²) in [6.07, 6.45) is -3.78. The molecule has 0 aliphatic carbocycles. The number of rotatable bonds is 7. The molecule has 0 unspecified atom stereocenters. The number of pyridine rings is 1. The molecule has 0 fully saturated rings. The van der Waals surface area contributed by atoms with E-state index in [9.17, 15) is 22.8 Å². The predicted octanol–water partition coefficient (Wildman–Crippen LogP) is 3.28. The van der Waals surface area contributed by atoms with Crippen molar-refractivity contribution in [3.8, 4) is 0 Å².